The van der Waals surface area contributed by atoms with Crippen LogP contribution in [0, 0.1) is 17.1 Å². The van der Waals surface area contributed by atoms with Gasteiger partial charge in [-0.25, -0.2) is 4.39 Å². The number of halogens is 1. The summed E-state index contributed by atoms with van der Waals surface area (Å²) >= 11 is 0. The van der Waals surface area contributed by atoms with E-state index in [4.69, 9.17) is 9.47 Å². The van der Waals surface area contributed by atoms with E-state index < -0.39 is 11.7 Å². The Balaban J connectivity index is 2.37. The minimum Gasteiger partial charge on any atom is -0.493 e. The minimum atomic E-state index is -0.593. The van der Waals surface area contributed by atoms with Crippen molar-refractivity contribution in [2.75, 3.05) is 19.5 Å². The number of allylic oxidation sites excluding steroid dienone is 1. The van der Waals surface area contributed by atoms with Crippen molar-refractivity contribution in [2.24, 2.45) is 0 Å². The number of methoxy groups -OCH3 is 2. The van der Waals surface area contributed by atoms with Gasteiger partial charge < -0.3 is 14.8 Å². The normalized spacial score (nSPS) is 10.7. The van der Waals surface area contributed by atoms with Gasteiger partial charge in [0.1, 0.15) is 17.5 Å². The number of amides is 1. The monoisotopic (exact) mass is 366 g/mol. The maximum Gasteiger partial charge on any atom is 0.266 e. The predicted octanol–water partition coefficient (Wildman–Crippen LogP) is 4.12. The maximum atomic E-state index is 13.0. The first-order valence-corrected chi connectivity index (χ1v) is 8.06. The highest BCUT2D eigenvalue weighted by molar-refractivity contribution is 6.09. The summed E-state index contributed by atoms with van der Waals surface area (Å²) in [5.74, 6) is 0.0523. The van der Waals surface area contributed by atoms with E-state index in [1.165, 1.54) is 44.6 Å². The molecule has 138 valence electrons. The van der Waals surface area contributed by atoms with Gasteiger partial charge in [0, 0.05) is 11.3 Å². The lowest BCUT2D eigenvalue weighted by atomic mass is 10.0. The number of nitrogens with one attached hydrogen (secondary N) is 1. The molecule has 0 saturated heterocycles. The summed E-state index contributed by atoms with van der Waals surface area (Å²) in [6.45, 7) is 3.72. The molecule has 2 rings (SSSR count). The average Bonchev–Trinajstić information content (AvgIpc) is 2.67. The van der Waals surface area contributed by atoms with Crippen LogP contribution in [0.25, 0.3) is 6.08 Å². The van der Waals surface area contributed by atoms with Crippen molar-refractivity contribution in [3.05, 3.63) is 71.6 Å². The summed E-state index contributed by atoms with van der Waals surface area (Å²) < 4.78 is 23.7. The SMILES string of the molecule is C=CCc1cc(/C=C(\C#N)C(=O)Nc2ccc(F)cc2)cc(OC)c1OC. The van der Waals surface area contributed by atoms with E-state index >= 15 is 0 Å². The third-order valence-corrected chi connectivity index (χ3v) is 3.72. The molecule has 0 spiro atoms. The van der Waals surface area contributed by atoms with Gasteiger partial charge in [-0.2, -0.15) is 5.26 Å². The fourth-order valence-electron chi connectivity index (χ4n) is 2.50. The lowest BCUT2D eigenvalue weighted by Crippen LogP contribution is -2.13. The van der Waals surface area contributed by atoms with Crippen LogP contribution in [0.5, 0.6) is 11.5 Å². The molecule has 0 saturated carbocycles. The molecule has 5 nitrogen and oxygen atoms in total. The molecule has 1 N–H and O–H groups in total. The second kappa shape index (κ2) is 9.20. The first kappa shape index (κ1) is 19.7. The molecule has 0 aliphatic carbocycles. The number of rotatable bonds is 7. The first-order valence-electron chi connectivity index (χ1n) is 8.06. The molecule has 0 heterocycles. The molecule has 27 heavy (non-hydrogen) atoms. The van der Waals surface area contributed by atoms with Crippen LogP contribution < -0.4 is 14.8 Å². The van der Waals surface area contributed by atoms with Crippen LogP contribution in [-0.4, -0.2) is 20.1 Å². The molecule has 0 fully saturated rings. The van der Waals surface area contributed by atoms with Crippen molar-refractivity contribution >= 4 is 17.7 Å². The molecule has 6 heteroatoms. The van der Waals surface area contributed by atoms with Gasteiger partial charge in [0.05, 0.1) is 14.2 Å². The Morgan fingerprint density at radius 1 is 1.26 bits per heavy atom. The van der Waals surface area contributed by atoms with Crippen molar-refractivity contribution in [3.63, 3.8) is 0 Å². The van der Waals surface area contributed by atoms with Crippen molar-refractivity contribution in [2.45, 2.75) is 6.42 Å². The molecule has 0 unspecified atom stereocenters. The smallest absolute Gasteiger partial charge is 0.266 e. The van der Waals surface area contributed by atoms with Gasteiger partial charge in [-0.3, -0.25) is 4.79 Å². The average molecular weight is 366 g/mol. The quantitative estimate of drug-likeness (QED) is 0.455. The number of nitrogens with zero attached hydrogens (tertiary/aromatic N) is 1. The number of benzene rings is 2. The summed E-state index contributed by atoms with van der Waals surface area (Å²) in [7, 11) is 3.05. The van der Waals surface area contributed by atoms with Crippen LogP contribution in [0.15, 0.2) is 54.6 Å². The standard InChI is InChI=1S/C21H19FN2O3/c1-4-5-15-10-14(12-19(26-2)20(15)27-3)11-16(13-23)21(25)24-18-8-6-17(22)7-9-18/h4,6-12H,1,5H2,2-3H3,(H,24,25)/b16-11+. The second-order valence-electron chi connectivity index (χ2n) is 5.54. The molecule has 1 amide bonds. The number of carbonyl (C=O) groups excluding carboxylic acids is 1. The van der Waals surface area contributed by atoms with E-state index in [2.05, 4.69) is 11.9 Å². The zero-order chi connectivity index (χ0) is 19.8. The molecular weight excluding hydrogens is 347 g/mol. The molecule has 0 radical (unpaired) electrons. The Labute approximate surface area is 157 Å². The first-order chi connectivity index (χ1) is 13.0. The fourth-order valence-corrected chi connectivity index (χ4v) is 2.50. The summed E-state index contributed by atoms with van der Waals surface area (Å²) in [4.78, 5) is 12.4. The number of hydrogen-bond donors (Lipinski definition) is 1. The predicted molar refractivity (Wildman–Crippen MR) is 102 cm³/mol. The fraction of sp³-hybridized carbons (Fsp3) is 0.143. The third-order valence-electron chi connectivity index (χ3n) is 3.72. The number of carbonyl (C=O) groups is 1. The molecule has 2 aromatic carbocycles. The lowest BCUT2D eigenvalue weighted by molar-refractivity contribution is -0.112. The van der Waals surface area contributed by atoms with E-state index in [1.807, 2.05) is 6.07 Å². The minimum absolute atomic E-state index is 0.101. The molecule has 0 bridgehead atoms. The lowest BCUT2D eigenvalue weighted by Gasteiger charge is -2.13. The van der Waals surface area contributed by atoms with Crippen molar-refractivity contribution in [3.8, 4) is 17.6 Å². The van der Waals surface area contributed by atoms with E-state index in [9.17, 15) is 14.4 Å². The highest BCUT2D eigenvalue weighted by Crippen LogP contribution is 2.34. The van der Waals surface area contributed by atoms with Crippen molar-refractivity contribution in [1.29, 1.82) is 5.26 Å². The molecular formula is C21H19FN2O3. The molecule has 0 aromatic heterocycles. The van der Waals surface area contributed by atoms with E-state index in [0.717, 1.165) is 5.56 Å². The van der Waals surface area contributed by atoms with Gasteiger partial charge in [0.25, 0.3) is 5.91 Å². The van der Waals surface area contributed by atoms with Gasteiger partial charge in [-0.15, -0.1) is 6.58 Å². The third kappa shape index (κ3) is 4.95. The zero-order valence-electron chi connectivity index (χ0n) is 15.1. The van der Waals surface area contributed by atoms with Gasteiger partial charge in [0.2, 0.25) is 0 Å². The Morgan fingerprint density at radius 2 is 1.96 bits per heavy atom. The topological polar surface area (TPSA) is 71.4 Å². The van der Waals surface area contributed by atoms with Crippen molar-refractivity contribution in [1.82, 2.24) is 0 Å². The van der Waals surface area contributed by atoms with Crippen LogP contribution in [0.4, 0.5) is 10.1 Å². The number of ether oxygens (including phenoxy) is 2. The number of anilines is 1. The largest absolute Gasteiger partial charge is 0.493 e. The summed E-state index contributed by atoms with van der Waals surface area (Å²) in [5, 5.41) is 11.9. The molecule has 2 aromatic rings. The molecule has 0 aliphatic rings. The maximum absolute atomic E-state index is 13.0. The molecule has 0 atom stereocenters. The van der Waals surface area contributed by atoms with Gasteiger partial charge >= 0.3 is 0 Å². The Hall–Kier alpha value is -3.59. The summed E-state index contributed by atoms with van der Waals surface area (Å²) in [5.41, 5.74) is 1.71. The Kier molecular flexibility index (Phi) is 6.73. The summed E-state index contributed by atoms with van der Waals surface area (Å²) in [6, 6.07) is 10.6. The van der Waals surface area contributed by atoms with Crippen molar-refractivity contribution < 1.29 is 18.7 Å². The zero-order valence-corrected chi connectivity index (χ0v) is 15.1. The van der Waals surface area contributed by atoms with Crippen LogP contribution >= 0.6 is 0 Å². The van der Waals surface area contributed by atoms with E-state index in [-0.39, 0.29) is 5.57 Å². The number of nitriles is 1. The number of hydrogen-bond acceptors (Lipinski definition) is 4. The van der Waals surface area contributed by atoms with Crippen LogP contribution in [0.3, 0.4) is 0 Å². The highest BCUT2D eigenvalue weighted by atomic mass is 19.1. The van der Waals surface area contributed by atoms with Crippen LogP contribution in [0.2, 0.25) is 0 Å². The molecule has 0 aliphatic heterocycles. The van der Waals surface area contributed by atoms with Gasteiger partial charge in [-0.05, 0) is 54.5 Å². The van der Waals surface area contributed by atoms with Gasteiger partial charge in [-0.1, -0.05) is 6.08 Å². The Bertz CT molecular complexity index is 912. The summed E-state index contributed by atoms with van der Waals surface area (Å²) in [6.07, 6.45) is 3.70. The van der Waals surface area contributed by atoms with Crippen LogP contribution in [0.1, 0.15) is 11.1 Å². The Morgan fingerprint density at radius 3 is 2.52 bits per heavy atom. The van der Waals surface area contributed by atoms with Crippen LogP contribution in [-0.2, 0) is 11.2 Å². The highest BCUT2D eigenvalue weighted by Gasteiger charge is 2.14. The second-order valence-corrected chi connectivity index (χ2v) is 5.54. The van der Waals surface area contributed by atoms with Gasteiger partial charge in [0.15, 0.2) is 11.5 Å². The van der Waals surface area contributed by atoms with E-state index in [1.54, 1.807) is 18.2 Å². The van der Waals surface area contributed by atoms with E-state index in [0.29, 0.717) is 29.2 Å².